The largest absolute Gasteiger partial charge is 0.345 e. The first-order chi connectivity index (χ1) is 12.6. The van der Waals surface area contributed by atoms with Crippen molar-refractivity contribution in [3.8, 4) is 0 Å². The predicted octanol–water partition coefficient (Wildman–Crippen LogP) is 1.94. The van der Waals surface area contributed by atoms with Crippen LogP contribution in [0.3, 0.4) is 0 Å². The smallest absolute Gasteiger partial charge is 0.243 e. The molecule has 0 bridgehead atoms. The van der Waals surface area contributed by atoms with Gasteiger partial charge in [-0.25, -0.2) is 0 Å². The van der Waals surface area contributed by atoms with Gasteiger partial charge in [0.1, 0.15) is 18.4 Å². The van der Waals surface area contributed by atoms with E-state index in [0.29, 0.717) is 19.3 Å². The minimum absolute atomic E-state index is 0.177. The van der Waals surface area contributed by atoms with Crippen molar-refractivity contribution >= 4 is 24.0 Å². The highest BCUT2D eigenvalue weighted by molar-refractivity contribution is 5.92. The summed E-state index contributed by atoms with van der Waals surface area (Å²) in [5, 5.41) is 8.14. The number of hydrogen-bond donors (Lipinski definition) is 3. The van der Waals surface area contributed by atoms with Crippen LogP contribution >= 0.6 is 0 Å². The van der Waals surface area contributed by atoms with Crippen LogP contribution in [0.25, 0.3) is 0 Å². The van der Waals surface area contributed by atoms with Crippen molar-refractivity contribution in [3.05, 3.63) is 0 Å². The van der Waals surface area contributed by atoms with Crippen molar-refractivity contribution in [3.63, 3.8) is 0 Å². The van der Waals surface area contributed by atoms with Crippen molar-refractivity contribution in [2.24, 2.45) is 11.8 Å². The van der Waals surface area contributed by atoms with Crippen molar-refractivity contribution < 1.29 is 19.2 Å². The van der Waals surface area contributed by atoms with Gasteiger partial charge >= 0.3 is 0 Å². The number of hydrogen-bond acceptors (Lipinski definition) is 4. The molecular weight excluding hydrogens is 346 g/mol. The average molecular weight is 384 g/mol. The van der Waals surface area contributed by atoms with Gasteiger partial charge in [0.15, 0.2) is 0 Å². The molecule has 0 fully saturated rings. The van der Waals surface area contributed by atoms with E-state index in [1.165, 1.54) is 6.92 Å². The zero-order chi connectivity index (χ0) is 21.0. The van der Waals surface area contributed by atoms with E-state index in [0.717, 1.165) is 19.1 Å². The summed E-state index contributed by atoms with van der Waals surface area (Å²) in [5.41, 5.74) is 0. The highest BCUT2D eigenvalue weighted by Gasteiger charge is 2.28. The summed E-state index contributed by atoms with van der Waals surface area (Å²) in [6, 6.07) is -1.98. The van der Waals surface area contributed by atoms with Gasteiger partial charge in [-0.15, -0.1) is 0 Å². The Labute approximate surface area is 163 Å². The second kappa shape index (κ2) is 13.3. The van der Waals surface area contributed by atoms with E-state index in [-0.39, 0.29) is 29.6 Å². The lowest BCUT2D eigenvalue weighted by Gasteiger charge is -2.25. The Kier molecular flexibility index (Phi) is 12.3. The third kappa shape index (κ3) is 11.4. The van der Waals surface area contributed by atoms with E-state index in [1.54, 1.807) is 0 Å². The summed E-state index contributed by atoms with van der Waals surface area (Å²) in [4.78, 5) is 47.9. The molecule has 0 heterocycles. The van der Waals surface area contributed by atoms with E-state index in [2.05, 4.69) is 16.0 Å². The molecule has 0 aromatic rings. The highest BCUT2D eigenvalue weighted by atomic mass is 16.2. The lowest BCUT2D eigenvalue weighted by atomic mass is 9.99. The Morgan fingerprint density at radius 3 is 1.74 bits per heavy atom. The molecule has 0 aromatic heterocycles. The Hall–Kier alpha value is -1.92. The molecule has 3 N–H and O–H groups in total. The van der Waals surface area contributed by atoms with Crippen LogP contribution in [-0.2, 0) is 19.2 Å². The maximum atomic E-state index is 12.7. The first-order valence-corrected chi connectivity index (χ1v) is 9.93. The monoisotopic (exact) mass is 383 g/mol. The molecule has 0 aliphatic carbocycles. The fourth-order valence-electron chi connectivity index (χ4n) is 2.81. The normalized spacial score (nSPS) is 14.4. The number of carbonyl (C=O) groups excluding carboxylic acids is 4. The molecule has 0 rings (SSSR count). The Balaban J connectivity index is 5.14. The molecule has 0 aliphatic heterocycles. The van der Waals surface area contributed by atoms with Gasteiger partial charge in [-0.2, -0.15) is 0 Å². The molecule has 27 heavy (non-hydrogen) atoms. The summed E-state index contributed by atoms with van der Waals surface area (Å²) >= 11 is 0. The molecule has 7 heteroatoms. The predicted molar refractivity (Wildman–Crippen MR) is 106 cm³/mol. The molecule has 2 unspecified atom stereocenters. The van der Waals surface area contributed by atoms with E-state index in [4.69, 9.17) is 0 Å². The van der Waals surface area contributed by atoms with Crippen molar-refractivity contribution in [2.45, 2.75) is 91.8 Å². The molecule has 0 aromatic carbocycles. The van der Waals surface area contributed by atoms with Gasteiger partial charge in [-0.3, -0.25) is 14.4 Å². The number of nitrogens with one attached hydrogen (secondary N) is 3. The first-order valence-electron chi connectivity index (χ1n) is 9.93. The number of rotatable bonds is 13. The van der Waals surface area contributed by atoms with Gasteiger partial charge in [0, 0.05) is 6.92 Å². The second-order valence-electron chi connectivity index (χ2n) is 7.97. The van der Waals surface area contributed by atoms with Gasteiger partial charge in [-0.05, 0) is 31.1 Å². The minimum Gasteiger partial charge on any atom is -0.345 e. The van der Waals surface area contributed by atoms with Gasteiger partial charge < -0.3 is 20.7 Å². The van der Waals surface area contributed by atoms with Crippen LogP contribution in [0.5, 0.6) is 0 Å². The average Bonchev–Trinajstić information content (AvgIpc) is 2.55. The highest BCUT2D eigenvalue weighted by Crippen LogP contribution is 2.09. The van der Waals surface area contributed by atoms with Crippen LogP contribution in [0, 0.1) is 11.8 Å². The number of amides is 3. The Morgan fingerprint density at radius 2 is 1.33 bits per heavy atom. The first kappa shape index (κ1) is 25.1. The molecule has 0 saturated heterocycles. The van der Waals surface area contributed by atoms with Gasteiger partial charge in [0.05, 0.1) is 6.04 Å². The van der Waals surface area contributed by atoms with Crippen LogP contribution in [0.1, 0.15) is 73.6 Å². The van der Waals surface area contributed by atoms with Gasteiger partial charge in [0.2, 0.25) is 17.7 Å². The van der Waals surface area contributed by atoms with Crippen LogP contribution in [0.15, 0.2) is 0 Å². The Morgan fingerprint density at radius 1 is 0.852 bits per heavy atom. The number of carbonyl (C=O) groups is 4. The summed E-state index contributed by atoms with van der Waals surface area (Å²) in [6.07, 6.45) is 4.01. The number of unbranched alkanes of at least 4 members (excludes halogenated alkanes) is 1. The van der Waals surface area contributed by atoms with Crippen LogP contribution in [0.2, 0.25) is 0 Å². The minimum atomic E-state index is -0.745. The maximum absolute atomic E-state index is 12.7. The molecule has 0 radical (unpaired) electrons. The molecular formula is C20H37N3O4. The summed E-state index contributed by atoms with van der Waals surface area (Å²) in [7, 11) is 0. The summed E-state index contributed by atoms with van der Waals surface area (Å²) in [5.74, 6) is -0.650. The third-order valence-corrected chi connectivity index (χ3v) is 4.10. The zero-order valence-electron chi connectivity index (χ0n) is 17.6. The standard InChI is InChI=1S/C20H37N3O4/c1-7-8-9-16(12-24)22-19(26)18(11-14(4)5)23-20(27)17(10-13(2)3)21-15(6)25/h12-14,16-18H,7-11H2,1-6H3,(H,21,25)(H,22,26)(H,23,27)/t16?,17-,18?/m0/s1. The van der Waals surface area contributed by atoms with Gasteiger partial charge in [0.25, 0.3) is 0 Å². The summed E-state index contributed by atoms with van der Waals surface area (Å²) < 4.78 is 0. The molecule has 156 valence electrons. The van der Waals surface area contributed by atoms with E-state index < -0.39 is 18.1 Å². The van der Waals surface area contributed by atoms with Crippen LogP contribution in [-0.4, -0.2) is 42.1 Å². The molecule has 0 spiro atoms. The van der Waals surface area contributed by atoms with E-state index in [9.17, 15) is 19.2 Å². The van der Waals surface area contributed by atoms with Gasteiger partial charge in [-0.1, -0.05) is 47.5 Å². The van der Waals surface area contributed by atoms with E-state index >= 15 is 0 Å². The van der Waals surface area contributed by atoms with Crippen molar-refractivity contribution in [1.82, 2.24) is 16.0 Å². The lowest BCUT2D eigenvalue weighted by molar-refractivity contribution is -0.133. The topological polar surface area (TPSA) is 104 Å². The van der Waals surface area contributed by atoms with Crippen molar-refractivity contribution in [2.75, 3.05) is 0 Å². The SMILES string of the molecule is CCCCC(C=O)NC(=O)C(CC(C)C)NC(=O)[C@H](CC(C)C)NC(C)=O. The second-order valence-corrected chi connectivity index (χ2v) is 7.97. The summed E-state index contributed by atoms with van der Waals surface area (Å²) in [6.45, 7) is 11.2. The Bertz CT molecular complexity index is 492. The fraction of sp³-hybridized carbons (Fsp3) is 0.800. The van der Waals surface area contributed by atoms with Crippen LogP contribution in [0.4, 0.5) is 0 Å². The van der Waals surface area contributed by atoms with Crippen molar-refractivity contribution in [1.29, 1.82) is 0 Å². The lowest BCUT2D eigenvalue weighted by Crippen LogP contribution is -2.55. The molecule has 0 aliphatic rings. The van der Waals surface area contributed by atoms with E-state index in [1.807, 2.05) is 34.6 Å². The van der Waals surface area contributed by atoms with Crippen LogP contribution < -0.4 is 16.0 Å². The zero-order valence-corrected chi connectivity index (χ0v) is 17.6. The molecule has 3 amide bonds. The quantitative estimate of drug-likeness (QED) is 0.423. The maximum Gasteiger partial charge on any atom is 0.243 e. The molecule has 3 atom stereocenters. The molecule has 7 nitrogen and oxygen atoms in total. The number of aldehydes is 1. The fourth-order valence-corrected chi connectivity index (χ4v) is 2.81. The third-order valence-electron chi connectivity index (χ3n) is 4.10. The molecule has 0 saturated carbocycles.